The van der Waals surface area contributed by atoms with Crippen molar-refractivity contribution < 1.29 is 9.32 Å². The van der Waals surface area contributed by atoms with Gasteiger partial charge >= 0.3 is 0 Å². The lowest BCUT2D eigenvalue weighted by Gasteiger charge is -2.07. The number of benzene rings is 2. The van der Waals surface area contributed by atoms with E-state index < -0.39 is 0 Å². The van der Waals surface area contributed by atoms with Gasteiger partial charge in [-0.05, 0) is 42.0 Å². The van der Waals surface area contributed by atoms with E-state index in [1.165, 1.54) is 11.3 Å². The van der Waals surface area contributed by atoms with Crippen molar-refractivity contribution in [2.75, 3.05) is 11.9 Å². The lowest BCUT2D eigenvalue weighted by Crippen LogP contribution is -2.29. The Kier molecular flexibility index (Phi) is 5.54. The number of rotatable bonds is 7. The van der Waals surface area contributed by atoms with Crippen LogP contribution in [0.5, 0.6) is 0 Å². The number of thiazole rings is 1. The first-order chi connectivity index (χ1) is 15.7. The summed E-state index contributed by atoms with van der Waals surface area (Å²) in [6.45, 7) is 0.540. The molecule has 0 fully saturated rings. The summed E-state index contributed by atoms with van der Waals surface area (Å²) in [7, 11) is 0. The number of fused-ring (bicyclic) bond motifs is 1. The van der Waals surface area contributed by atoms with Gasteiger partial charge in [-0.1, -0.05) is 40.8 Å². The van der Waals surface area contributed by atoms with Gasteiger partial charge in [0.05, 0.1) is 16.8 Å². The molecule has 32 heavy (non-hydrogen) atoms. The lowest BCUT2D eigenvalue weighted by atomic mass is 10.1. The monoisotopic (exact) mass is 442 g/mol. The molecule has 0 aliphatic rings. The molecule has 8 nitrogen and oxygen atoms in total. The van der Waals surface area contributed by atoms with E-state index in [1.807, 2.05) is 60.7 Å². The van der Waals surface area contributed by atoms with Crippen LogP contribution >= 0.6 is 11.3 Å². The molecule has 1 amide bonds. The number of amides is 1. The summed E-state index contributed by atoms with van der Waals surface area (Å²) in [5, 5.41) is 10.8. The molecule has 5 rings (SSSR count). The SMILES string of the molecule is O=C(CNc1nc2ccccc2s1)NCc1cccc(-c2nc(-c3ccncc3)no2)c1. The summed E-state index contributed by atoms with van der Waals surface area (Å²) in [5.74, 6) is 0.803. The summed E-state index contributed by atoms with van der Waals surface area (Å²) < 4.78 is 6.50. The van der Waals surface area contributed by atoms with Crippen LogP contribution in [0.3, 0.4) is 0 Å². The van der Waals surface area contributed by atoms with Crippen molar-refractivity contribution in [2.45, 2.75) is 6.54 Å². The van der Waals surface area contributed by atoms with E-state index in [4.69, 9.17) is 4.52 Å². The maximum Gasteiger partial charge on any atom is 0.258 e. The number of para-hydroxylation sites is 1. The quantitative estimate of drug-likeness (QED) is 0.390. The third-order valence-electron chi connectivity index (χ3n) is 4.72. The molecule has 0 aliphatic carbocycles. The van der Waals surface area contributed by atoms with Gasteiger partial charge in [-0.2, -0.15) is 4.98 Å². The minimum Gasteiger partial charge on any atom is -0.352 e. The summed E-state index contributed by atoms with van der Waals surface area (Å²) in [4.78, 5) is 25.2. The van der Waals surface area contributed by atoms with Gasteiger partial charge in [0.1, 0.15) is 0 Å². The number of anilines is 1. The average Bonchev–Trinajstić information content (AvgIpc) is 3.49. The van der Waals surface area contributed by atoms with Crippen LogP contribution in [0.1, 0.15) is 5.56 Å². The van der Waals surface area contributed by atoms with Crippen molar-refractivity contribution >= 4 is 32.6 Å². The number of carbonyl (C=O) groups excluding carboxylic acids is 1. The zero-order valence-electron chi connectivity index (χ0n) is 16.9. The Bertz CT molecular complexity index is 1330. The van der Waals surface area contributed by atoms with E-state index in [2.05, 4.69) is 30.7 Å². The number of nitrogens with zero attached hydrogens (tertiary/aromatic N) is 4. The highest BCUT2D eigenvalue weighted by atomic mass is 32.1. The zero-order chi connectivity index (χ0) is 21.8. The van der Waals surface area contributed by atoms with E-state index in [9.17, 15) is 4.79 Å². The van der Waals surface area contributed by atoms with Gasteiger partial charge in [0, 0.05) is 30.1 Å². The maximum absolute atomic E-state index is 12.3. The van der Waals surface area contributed by atoms with Gasteiger partial charge in [0.25, 0.3) is 5.89 Å². The molecule has 0 radical (unpaired) electrons. The Balaban J connectivity index is 1.19. The summed E-state index contributed by atoms with van der Waals surface area (Å²) in [6.07, 6.45) is 3.36. The van der Waals surface area contributed by atoms with Crippen LogP contribution in [0.2, 0.25) is 0 Å². The molecule has 3 heterocycles. The fourth-order valence-corrected chi connectivity index (χ4v) is 4.00. The highest BCUT2D eigenvalue weighted by Gasteiger charge is 2.11. The van der Waals surface area contributed by atoms with Crippen LogP contribution in [0, 0.1) is 0 Å². The molecule has 9 heteroatoms. The van der Waals surface area contributed by atoms with E-state index >= 15 is 0 Å². The van der Waals surface area contributed by atoms with Crippen LogP contribution in [-0.2, 0) is 11.3 Å². The van der Waals surface area contributed by atoms with Crippen molar-refractivity contribution in [2.24, 2.45) is 0 Å². The Morgan fingerprint density at radius 2 is 1.84 bits per heavy atom. The van der Waals surface area contributed by atoms with E-state index in [-0.39, 0.29) is 12.5 Å². The van der Waals surface area contributed by atoms with E-state index in [0.29, 0.717) is 18.3 Å². The van der Waals surface area contributed by atoms with Gasteiger partial charge in [-0.15, -0.1) is 0 Å². The molecule has 0 bridgehead atoms. The Morgan fingerprint density at radius 1 is 0.969 bits per heavy atom. The number of carbonyl (C=O) groups is 1. The number of nitrogens with one attached hydrogen (secondary N) is 2. The second-order valence-corrected chi connectivity index (χ2v) is 8.01. The minimum atomic E-state index is -0.118. The molecular formula is C23H18N6O2S. The molecule has 0 saturated heterocycles. The standard InChI is InChI=1S/C23H18N6O2S/c30-20(14-26-23-27-18-6-1-2-7-19(18)32-23)25-13-15-4-3-5-17(12-15)22-28-21(29-31-22)16-8-10-24-11-9-16/h1-12H,13-14H2,(H,25,30)(H,26,27). The predicted octanol–water partition coefficient (Wildman–Crippen LogP) is 4.14. The van der Waals surface area contributed by atoms with Crippen LogP contribution in [0.4, 0.5) is 5.13 Å². The average molecular weight is 443 g/mol. The lowest BCUT2D eigenvalue weighted by molar-refractivity contribution is -0.119. The molecule has 0 aliphatic heterocycles. The molecular weight excluding hydrogens is 424 g/mol. The first-order valence-electron chi connectivity index (χ1n) is 9.94. The fourth-order valence-electron chi connectivity index (χ4n) is 3.14. The van der Waals surface area contributed by atoms with Crippen molar-refractivity contribution in [1.29, 1.82) is 0 Å². The van der Waals surface area contributed by atoms with Crippen LogP contribution in [0.25, 0.3) is 33.1 Å². The van der Waals surface area contributed by atoms with Gasteiger partial charge < -0.3 is 15.2 Å². The van der Waals surface area contributed by atoms with Crippen molar-refractivity contribution in [3.63, 3.8) is 0 Å². The van der Waals surface area contributed by atoms with Crippen molar-refractivity contribution in [1.82, 2.24) is 25.4 Å². The van der Waals surface area contributed by atoms with Crippen LogP contribution in [0.15, 0.2) is 77.6 Å². The smallest absolute Gasteiger partial charge is 0.258 e. The Labute approximate surface area is 187 Å². The topological polar surface area (TPSA) is 106 Å². The second kappa shape index (κ2) is 8.94. The Morgan fingerprint density at radius 3 is 2.72 bits per heavy atom. The third kappa shape index (κ3) is 4.47. The van der Waals surface area contributed by atoms with Crippen LogP contribution in [-0.4, -0.2) is 32.6 Å². The third-order valence-corrected chi connectivity index (χ3v) is 5.72. The van der Waals surface area contributed by atoms with Crippen molar-refractivity contribution in [3.05, 3.63) is 78.6 Å². The molecule has 5 aromatic rings. The molecule has 3 aromatic heterocycles. The number of aromatic nitrogens is 4. The number of hydrogen-bond acceptors (Lipinski definition) is 8. The molecule has 0 saturated carbocycles. The zero-order valence-corrected chi connectivity index (χ0v) is 17.7. The fraction of sp³-hybridized carbons (Fsp3) is 0.0870. The number of hydrogen-bond donors (Lipinski definition) is 2. The largest absolute Gasteiger partial charge is 0.352 e. The molecule has 0 spiro atoms. The summed E-state index contributed by atoms with van der Waals surface area (Å²) >= 11 is 1.52. The first kappa shape index (κ1) is 19.8. The Hall–Kier alpha value is -4.11. The van der Waals surface area contributed by atoms with Gasteiger partial charge in [-0.3, -0.25) is 9.78 Å². The second-order valence-electron chi connectivity index (χ2n) is 6.98. The molecule has 2 aromatic carbocycles. The molecule has 0 unspecified atom stereocenters. The van der Waals surface area contributed by atoms with Crippen molar-refractivity contribution in [3.8, 4) is 22.8 Å². The van der Waals surface area contributed by atoms with Gasteiger partial charge in [-0.25, -0.2) is 4.98 Å². The first-order valence-corrected chi connectivity index (χ1v) is 10.8. The van der Waals surface area contributed by atoms with E-state index in [0.717, 1.165) is 32.0 Å². The number of pyridine rings is 1. The van der Waals surface area contributed by atoms with Gasteiger partial charge in [0.2, 0.25) is 11.7 Å². The molecule has 2 N–H and O–H groups in total. The highest BCUT2D eigenvalue weighted by Crippen LogP contribution is 2.25. The van der Waals surface area contributed by atoms with Crippen LogP contribution < -0.4 is 10.6 Å². The summed E-state index contributed by atoms with van der Waals surface area (Å²) in [5.41, 5.74) is 3.47. The minimum absolute atomic E-state index is 0.118. The molecule has 158 valence electrons. The highest BCUT2D eigenvalue weighted by molar-refractivity contribution is 7.22. The molecule has 0 atom stereocenters. The normalized spacial score (nSPS) is 10.9. The summed E-state index contributed by atoms with van der Waals surface area (Å²) in [6, 6.07) is 19.2. The maximum atomic E-state index is 12.3. The predicted molar refractivity (Wildman–Crippen MR) is 123 cm³/mol. The van der Waals surface area contributed by atoms with Gasteiger partial charge in [0.15, 0.2) is 5.13 Å². The van der Waals surface area contributed by atoms with E-state index in [1.54, 1.807) is 12.4 Å².